The van der Waals surface area contributed by atoms with Crippen molar-refractivity contribution in [3.8, 4) is 0 Å². The minimum atomic E-state index is -3.61. The highest BCUT2D eigenvalue weighted by Gasteiger charge is 2.21. The Kier molecular flexibility index (Phi) is 8.67. The first-order valence-electron chi connectivity index (χ1n) is 11.2. The van der Waals surface area contributed by atoms with Crippen LogP contribution in [-0.2, 0) is 16.6 Å². The summed E-state index contributed by atoms with van der Waals surface area (Å²) in [5, 5.41) is 5.63. The van der Waals surface area contributed by atoms with Crippen LogP contribution < -0.4 is 10.6 Å². The summed E-state index contributed by atoms with van der Waals surface area (Å²) in [7, 11) is -2.05. The lowest BCUT2D eigenvalue weighted by Crippen LogP contribution is -2.36. The molecule has 1 aliphatic rings. The molecule has 0 radical (unpaired) electrons. The van der Waals surface area contributed by atoms with Gasteiger partial charge in [-0.3, -0.25) is 0 Å². The summed E-state index contributed by atoms with van der Waals surface area (Å²) in [6, 6.07) is 15.4. The maximum atomic E-state index is 12.8. The van der Waals surface area contributed by atoms with E-state index in [0.717, 1.165) is 37.5 Å². The van der Waals surface area contributed by atoms with Crippen LogP contribution in [0, 0.1) is 5.92 Å². The minimum absolute atomic E-state index is 0.192. The molecule has 2 aromatic carbocycles. The van der Waals surface area contributed by atoms with Crippen LogP contribution >= 0.6 is 0 Å². The smallest absolute Gasteiger partial charge is 0.319 e. The van der Waals surface area contributed by atoms with Crippen molar-refractivity contribution in [1.29, 1.82) is 0 Å². The number of hydrogen-bond donors (Lipinski definition) is 2. The molecule has 2 N–H and O–H groups in total. The number of anilines is 1. The predicted octanol–water partition coefficient (Wildman–Crippen LogP) is 3.75. The maximum Gasteiger partial charge on any atom is 0.319 e. The highest BCUT2D eigenvalue weighted by molar-refractivity contribution is 7.89. The summed E-state index contributed by atoms with van der Waals surface area (Å²) in [6.07, 6.45) is 3.41. The van der Waals surface area contributed by atoms with E-state index in [4.69, 9.17) is 0 Å². The first-order valence-corrected chi connectivity index (χ1v) is 12.7. The lowest BCUT2D eigenvalue weighted by atomic mass is 9.99. The van der Waals surface area contributed by atoms with Crippen LogP contribution in [0.2, 0.25) is 0 Å². The molecule has 0 aliphatic carbocycles. The van der Waals surface area contributed by atoms with Gasteiger partial charge in [0.1, 0.15) is 0 Å². The van der Waals surface area contributed by atoms with E-state index in [2.05, 4.69) is 22.5 Å². The molecule has 0 unspecified atom stereocenters. The third kappa shape index (κ3) is 7.05. The second-order valence-electron chi connectivity index (χ2n) is 8.53. The van der Waals surface area contributed by atoms with Crippen molar-refractivity contribution in [2.75, 3.05) is 38.5 Å². The van der Waals surface area contributed by atoms with Crippen molar-refractivity contribution < 1.29 is 13.2 Å². The van der Waals surface area contributed by atoms with E-state index in [0.29, 0.717) is 18.8 Å². The number of carbonyl (C=O) groups excluding carboxylic acids is 1. The van der Waals surface area contributed by atoms with Gasteiger partial charge in [0.05, 0.1) is 4.90 Å². The van der Waals surface area contributed by atoms with Gasteiger partial charge in [-0.2, -0.15) is 4.31 Å². The van der Waals surface area contributed by atoms with Crippen molar-refractivity contribution in [2.24, 2.45) is 5.92 Å². The Morgan fingerprint density at radius 2 is 1.72 bits per heavy atom. The van der Waals surface area contributed by atoms with Crippen LogP contribution in [0.25, 0.3) is 0 Å². The molecule has 1 saturated heterocycles. The Bertz CT molecular complexity index is 956. The number of amides is 2. The zero-order chi connectivity index (χ0) is 23.0. The summed E-state index contributed by atoms with van der Waals surface area (Å²) in [5.74, 6) is 0.820. The number of urea groups is 1. The third-order valence-electron chi connectivity index (χ3n) is 5.88. The predicted molar refractivity (Wildman–Crippen MR) is 128 cm³/mol. The zero-order valence-corrected chi connectivity index (χ0v) is 19.8. The molecular formula is C24H34N4O3S. The number of nitrogens with one attached hydrogen (secondary N) is 2. The minimum Gasteiger partial charge on any atom is -0.338 e. The fourth-order valence-corrected chi connectivity index (χ4v) is 4.94. The van der Waals surface area contributed by atoms with Crippen LogP contribution in [-0.4, -0.2) is 56.9 Å². The molecule has 2 amide bonds. The van der Waals surface area contributed by atoms with Gasteiger partial charge in [-0.15, -0.1) is 0 Å². The molecule has 0 spiro atoms. The third-order valence-corrected chi connectivity index (χ3v) is 7.70. The molecule has 3 rings (SSSR count). The fraction of sp³-hybridized carbons (Fsp3) is 0.458. The van der Waals surface area contributed by atoms with Crippen LogP contribution in [0.1, 0.15) is 31.7 Å². The molecule has 0 atom stereocenters. The van der Waals surface area contributed by atoms with Crippen molar-refractivity contribution in [3.63, 3.8) is 0 Å². The van der Waals surface area contributed by atoms with Crippen LogP contribution in [0.5, 0.6) is 0 Å². The van der Waals surface area contributed by atoms with Crippen LogP contribution in [0.4, 0.5) is 10.5 Å². The lowest BCUT2D eigenvalue weighted by Gasteiger charge is -2.30. The molecule has 1 aliphatic heterocycles. The van der Waals surface area contributed by atoms with Crippen molar-refractivity contribution >= 4 is 21.7 Å². The van der Waals surface area contributed by atoms with E-state index < -0.39 is 10.0 Å². The number of piperidine rings is 1. The van der Waals surface area contributed by atoms with Gasteiger partial charge in [0.15, 0.2) is 0 Å². The zero-order valence-electron chi connectivity index (χ0n) is 19.0. The Morgan fingerprint density at radius 3 is 2.38 bits per heavy atom. The van der Waals surface area contributed by atoms with Gasteiger partial charge in [-0.05, 0) is 74.6 Å². The Balaban J connectivity index is 1.43. The van der Waals surface area contributed by atoms with Crippen LogP contribution in [0.3, 0.4) is 0 Å². The molecule has 8 heteroatoms. The standard InChI is InChI=1S/C24H34N4O3S/c1-20-13-17-28(18-14-20)16-6-15-25-24(29)26-22-9-11-23(12-10-22)32(30,31)27(2)19-21-7-4-3-5-8-21/h3-5,7-12,20H,6,13-19H2,1-2H3,(H2,25,26,29). The second kappa shape index (κ2) is 11.4. The van der Waals surface area contributed by atoms with Crippen molar-refractivity contribution in [1.82, 2.24) is 14.5 Å². The summed E-state index contributed by atoms with van der Waals surface area (Å²) >= 11 is 0. The number of rotatable bonds is 9. The number of sulfonamides is 1. The molecule has 32 heavy (non-hydrogen) atoms. The monoisotopic (exact) mass is 458 g/mol. The van der Waals surface area contributed by atoms with E-state index in [1.165, 1.54) is 29.3 Å². The first kappa shape index (κ1) is 24.2. The Labute approximate surface area is 191 Å². The highest BCUT2D eigenvalue weighted by Crippen LogP contribution is 2.19. The number of likely N-dealkylation sites (tertiary alicyclic amines) is 1. The molecule has 7 nitrogen and oxygen atoms in total. The Hall–Kier alpha value is -2.42. The number of benzene rings is 2. The lowest BCUT2D eigenvalue weighted by molar-refractivity contribution is 0.190. The van der Waals surface area contributed by atoms with Gasteiger partial charge >= 0.3 is 6.03 Å². The summed E-state index contributed by atoms with van der Waals surface area (Å²) in [5.41, 5.74) is 1.47. The number of hydrogen-bond acceptors (Lipinski definition) is 4. The normalized spacial score (nSPS) is 15.6. The molecular weight excluding hydrogens is 424 g/mol. The quantitative estimate of drug-likeness (QED) is 0.561. The fourth-order valence-electron chi connectivity index (χ4n) is 3.78. The van der Waals surface area contributed by atoms with Crippen molar-refractivity contribution in [2.45, 2.75) is 37.6 Å². The summed E-state index contributed by atoms with van der Waals surface area (Å²) in [4.78, 5) is 14.8. The molecule has 1 heterocycles. The summed E-state index contributed by atoms with van der Waals surface area (Å²) in [6.45, 7) is 6.48. The average molecular weight is 459 g/mol. The average Bonchev–Trinajstić information content (AvgIpc) is 2.79. The van der Waals surface area contributed by atoms with Gasteiger partial charge in [0.25, 0.3) is 0 Å². The molecule has 1 fully saturated rings. The maximum absolute atomic E-state index is 12.8. The van der Waals surface area contributed by atoms with E-state index in [1.807, 2.05) is 30.3 Å². The topological polar surface area (TPSA) is 81.8 Å². The van der Waals surface area contributed by atoms with Gasteiger partial charge in [0, 0.05) is 25.8 Å². The largest absolute Gasteiger partial charge is 0.338 e. The molecule has 174 valence electrons. The van der Waals surface area contributed by atoms with E-state index in [9.17, 15) is 13.2 Å². The molecule has 0 aromatic heterocycles. The van der Waals surface area contributed by atoms with Crippen LogP contribution in [0.15, 0.2) is 59.5 Å². The number of nitrogens with zero attached hydrogens (tertiary/aromatic N) is 2. The number of carbonyl (C=O) groups is 1. The summed E-state index contributed by atoms with van der Waals surface area (Å²) < 4.78 is 27.0. The molecule has 2 aromatic rings. The SMILES string of the molecule is CC1CCN(CCCNC(=O)Nc2ccc(S(=O)(=O)N(C)Cc3ccccc3)cc2)CC1. The van der Waals surface area contributed by atoms with Gasteiger partial charge in [-0.1, -0.05) is 37.3 Å². The molecule has 0 bridgehead atoms. The highest BCUT2D eigenvalue weighted by atomic mass is 32.2. The van der Waals surface area contributed by atoms with Gasteiger partial charge < -0.3 is 15.5 Å². The van der Waals surface area contributed by atoms with E-state index in [-0.39, 0.29) is 10.9 Å². The first-order chi connectivity index (χ1) is 15.3. The van der Waals surface area contributed by atoms with Gasteiger partial charge in [0.2, 0.25) is 10.0 Å². The molecule has 0 saturated carbocycles. The van der Waals surface area contributed by atoms with E-state index in [1.54, 1.807) is 19.2 Å². The second-order valence-corrected chi connectivity index (χ2v) is 10.6. The van der Waals surface area contributed by atoms with E-state index >= 15 is 0 Å². The van der Waals surface area contributed by atoms with Crippen molar-refractivity contribution in [3.05, 3.63) is 60.2 Å². The van der Waals surface area contributed by atoms with Gasteiger partial charge in [-0.25, -0.2) is 13.2 Å². The Morgan fingerprint density at radius 1 is 1.06 bits per heavy atom.